The van der Waals surface area contributed by atoms with Crippen molar-refractivity contribution in [3.8, 4) is 0 Å². The van der Waals surface area contributed by atoms with Gasteiger partial charge in [-0.3, -0.25) is 15.1 Å². The smallest absolute Gasteiger partial charge is 0.232 e. The van der Waals surface area contributed by atoms with E-state index in [9.17, 15) is 9.59 Å². The molecule has 0 saturated carbocycles. The fourth-order valence-electron chi connectivity index (χ4n) is 3.88. The number of nitrogens with zero attached hydrogens (tertiary/aromatic N) is 2. The second kappa shape index (κ2) is 9.42. The van der Waals surface area contributed by atoms with Gasteiger partial charge in [0.2, 0.25) is 5.91 Å². The van der Waals surface area contributed by atoms with Gasteiger partial charge in [-0.15, -0.1) is 0 Å². The molecule has 0 aromatic heterocycles. The normalized spacial score (nSPS) is 12.9. The molecule has 2 aromatic carbocycles. The van der Waals surface area contributed by atoms with E-state index < -0.39 is 0 Å². The number of amidine groups is 1. The number of rotatable bonds is 7. The predicted molar refractivity (Wildman–Crippen MR) is 121 cm³/mol. The molecule has 0 aliphatic carbocycles. The van der Waals surface area contributed by atoms with Gasteiger partial charge in [0.15, 0.2) is 0 Å². The van der Waals surface area contributed by atoms with E-state index in [1.54, 1.807) is 17.0 Å². The van der Waals surface area contributed by atoms with E-state index in [0.29, 0.717) is 24.1 Å². The van der Waals surface area contributed by atoms with Gasteiger partial charge in [0.05, 0.1) is 5.69 Å². The van der Waals surface area contributed by atoms with Crippen LogP contribution < -0.4 is 15.5 Å². The molecule has 1 amide bonds. The molecule has 156 valence electrons. The first kappa shape index (κ1) is 21.3. The molecule has 0 spiro atoms. The van der Waals surface area contributed by atoms with Crippen molar-refractivity contribution in [3.05, 3.63) is 64.9 Å². The van der Waals surface area contributed by atoms with Crippen LogP contribution in [-0.4, -0.2) is 30.8 Å². The molecule has 0 atom stereocenters. The number of benzene rings is 2. The van der Waals surface area contributed by atoms with Crippen LogP contribution in [0.5, 0.6) is 0 Å². The largest absolute Gasteiger partial charge is 0.384 e. The van der Waals surface area contributed by atoms with Gasteiger partial charge in [0, 0.05) is 37.2 Å². The van der Waals surface area contributed by atoms with Gasteiger partial charge in [-0.05, 0) is 56.0 Å². The maximum absolute atomic E-state index is 13.1. The second-order valence-electron chi connectivity index (χ2n) is 7.37. The summed E-state index contributed by atoms with van der Waals surface area (Å²) in [5.74, 6) is 1.89. The van der Waals surface area contributed by atoms with Gasteiger partial charge in [-0.1, -0.05) is 24.3 Å². The van der Waals surface area contributed by atoms with Gasteiger partial charge in [0.1, 0.15) is 17.5 Å². The molecule has 1 aliphatic heterocycles. The van der Waals surface area contributed by atoms with Crippen molar-refractivity contribution in [1.29, 1.82) is 5.41 Å². The first-order chi connectivity index (χ1) is 14.5. The van der Waals surface area contributed by atoms with Crippen LogP contribution in [0.1, 0.15) is 43.4 Å². The SMILES string of the molecule is CCN(CC)c1ccc2c(c1)CCC(=C=O)N2C(=O)CCc1ccc(C(=N)N)cc1. The minimum absolute atomic E-state index is 0.0207. The van der Waals surface area contributed by atoms with E-state index in [4.69, 9.17) is 11.1 Å². The van der Waals surface area contributed by atoms with Gasteiger partial charge in [-0.25, -0.2) is 4.79 Å². The fraction of sp³-hybridized carbons (Fsp3) is 0.333. The van der Waals surface area contributed by atoms with Crippen molar-refractivity contribution >= 4 is 29.1 Å². The highest BCUT2D eigenvalue weighted by molar-refractivity contribution is 6.00. The Hall–Kier alpha value is -3.37. The molecule has 3 N–H and O–H groups in total. The summed E-state index contributed by atoms with van der Waals surface area (Å²) < 4.78 is 0. The van der Waals surface area contributed by atoms with Crippen LogP contribution in [-0.2, 0) is 22.4 Å². The van der Waals surface area contributed by atoms with E-state index in [1.807, 2.05) is 30.2 Å². The average Bonchev–Trinajstić information content (AvgIpc) is 2.77. The number of anilines is 2. The van der Waals surface area contributed by atoms with Crippen molar-refractivity contribution in [2.24, 2.45) is 5.73 Å². The molecule has 30 heavy (non-hydrogen) atoms. The maximum Gasteiger partial charge on any atom is 0.232 e. The molecule has 3 rings (SSSR count). The maximum atomic E-state index is 13.1. The minimum atomic E-state index is -0.111. The Labute approximate surface area is 177 Å². The monoisotopic (exact) mass is 404 g/mol. The average molecular weight is 405 g/mol. The molecule has 2 aromatic rings. The summed E-state index contributed by atoms with van der Waals surface area (Å²) in [6, 6.07) is 13.4. The Morgan fingerprint density at radius 3 is 2.43 bits per heavy atom. The summed E-state index contributed by atoms with van der Waals surface area (Å²) in [5, 5.41) is 7.46. The van der Waals surface area contributed by atoms with E-state index in [0.717, 1.165) is 42.0 Å². The topological polar surface area (TPSA) is 90.5 Å². The number of amides is 1. The Morgan fingerprint density at radius 1 is 1.13 bits per heavy atom. The summed E-state index contributed by atoms with van der Waals surface area (Å²) in [5.41, 5.74) is 10.5. The standard InChI is InChI=1S/C24H28N4O2/c1-3-27(4-2)20-12-13-22-19(15-20)10-11-21(16-29)28(22)23(30)14-7-17-5-8-18(9-6-17)24(25)26/h5-6,8-9,12-13,15H,3-4,7,10-11,14H2,1-2H3,(H3,25,26). The quantitative estimate of drug-likeness (QED) is 0.420. The lowest BCUT2D eigenvalue weighted by Crippen LogP contribution is -2.34. The second-order valence-corrected chi connectivity index (χ2v) is 7.37. The Kier molecular flexibility index (Phi) is 6.70. The molecule has 0 radical (unpaired) electrons. The predicted octanol–water partition coefficient (Wildman–Crippen LogP) is 3.44. The molecular weight excluding hydrogens is 376 g/mol. The van der Waals surface area contributed by atoms with E-state index in [2.05, 4.69) is 24.8 Å². The minimum Gasteiger partial charge on any atom is -0.384 e. The highest BCUT2D eigenvalue weighted by Crippen LogP contribution is 2.35. The first-order valence-corrected chi connectivity index (χ1v) is 10.4. The number of nitrogens with two attached hydrogens (primary N) is 1. The lowest BCUT2D eigenvalue weighted by atomic mass is 9.97. The zero-order valence-corrected chi connectivity index (χ0v) is 17.6. The number of nitrogen functional groups attached to an aromatic ring is 1. The number of hydrogen-bond acceptors (Lipinski definition) is 4. The fourth-order valence-corrected chi connectivity index (χ4v) is 3.88. The van der Waals surface area contributed by atoms with Crippen molar-refractivity contribution in [3.63, 3.8) is 0 Å². The lowest BCUT2D eigenvalue weighted by molar-refractivity contribution is -0.118. The molecule has 1 heterocycles. The summed E-state index contributed by atoms with van der Waals surface area (Å²) in [7, 11) is 0. The molecule has 0 unspecified atom stereocenters. The third-order valence-electron chi connectivity index (χ3n) is 5.59. The molecular formula is C24H28N4O2. The molecule has 1 aliphatic rings. The van der Waals surface area contributed by atoms with Crippen molar-refractivity contribution in [2.75, 3.05) is 22.9 Å². The molecule has 0 fully saturated rings. The van der Waals surface area contributed by atoms with Crippen LogP contribution in [0.3, 0.4) is 0 Å². The lowest BCUT2D eigenvalue weighted by Gasteiger charge is -2.31. The van der Waals surface area contributed by atoms with Crippen LogP contribution in [0.4, 0.5) is 11.4 Å². The number of allylic oxidation sites excluding steroid dienone is 1. The third-order valence-corrected chi connectivity index (χ3v) is 5.59. The number of carbonyl (C=O) groups excluding carboxylic acids is 2. The van der Waals surface area contributed by atoms with Crippen molar-refractivity contribution in [1.82, 2.24) is 0 Å². The van der Waals surface area contributed by atoms with Crippen LogP contribution in [0.25, 0.3) is 0 Å². The number of hydrogen-bond donors (Lipinski definition) is 2. The van der Waals surface area contributed by atoms with Gasteiger partial charge in [-0.2, -0.15) is 0 Å². The Morgan fingerprint density at radius 2 is 1.83 bits per heavy atom. The number of carbonyl (C=O) groups is 1. The summed E-state index contributed by atoms with van der Waals surface area (Å²) in [6.07, 6.45) is 2.07. The van der Waals surface area contributed by atoms with Gasteiger partial charge >= 0.3 is 0 Å². The number of nitrogens with one attached hydrogen (secondary N) is 1. The van der Waals surface area contributed by atoms with E-state index in [-0.39, 0.29) is 18.2 Å². The Balaban J connectivity index is 1.80. The third kappa shape index (κ3) is 4.44. The molecule has 6 heteroatoms. The van der Waals surface area contributed by atoms with Crippen LogP contribution >= 0.6 is 0 Å². The number of fused-ring (bicyclic) bond motifs is 1. The van der Waals surface area contributed by atoms with Crippen molar-refractivity contribution < 1.29 is 9.59 Å². The van der Waals surface area contributed by atoms with Gasteiger partial charge in [0.25, 0.3) is 0 Å². The van der Waals surface area contributed by atoms with Gasteiger partial charge < -0.3 is 10.6 Å². The summed E-state index contributed by atoms with van der Waals surface area (Å²) in [4.78, 5) is 28.4. The van der Waals surface area contributed by atoms with Crippen LogP contribution in [0.15, 0.2) is 48.2 Å². The van der Waals surface area contributed by atoms with Crippen LogP contribution in [0, 0.1) is 5.41 Å². The molecule has 6 nitrogen and oxygen atoms in total. The van der Waals surface area contributed by atoms with Crippen molar-refractivity contribution in [2.45, 2.75) is 39.5 Å². The van der Waals surface area contributed by atoms with E-state index >= 15 is 0 Å². The summed E-state index contributed by atoms with van der Waals surface area (Å²) in [6.45, 7) is 6.07. The highest BCUT2D eigenvalue weighted by Gasteiger charge is 2.28. The number of aryl methyl sites for hydroxylation is 2. The highest BCUT2D eigenvalue weighted by atomic mass is 16.2. The van der Waals surface area contributed by atoms with Crippen LogP contribution in [0.2, 0.25) is 0 Å². The molecule has 0 bridgehead atoms. The first-order valence-electron chi connectivity index (χ1n) is 10.4. The summed E-state index contributed by atoms with van der Waals surface area (Å²) >= 11 is 0. The zero-order valence-electron chi connectivity index (χ0n) is 17.6. The Bertz CT molecular complexity index is 987. The van der Waals surface area contributed by atoms with E-state index in [1.165, 1.54) is 0 Å². The molecule has 0 saturated heterocycles. The zero-order chi connectivity index (χ0) is 21.7.